The van der Waals surface area contributed by atoms with Gasteiger partial charge in [-0.1, -0.05) is 30.8 Å². The normalized spacial score (nSPS) is 11.2. The van der Waals surface area contributed by atoms with Crippen molar-refractivity contribution in [1.82, 2.24) is 5.01 Å². The number of hydrogen-bond acceptors (Lipinski definition) is 3. The molecule has 1 aromatic rings. The average Bonchev–Trinajstić information content (AvgIpc) is 2.46. The number of methoxy groups -OCH3 is 1. The van der Waals surface area contributed by atoms with Crippen molar-refractivity contribution in [2.45, 2.75) is 33.5 Å². The van der Waals surface area contributed by atoms with Gasteiger partial charge in [-0.15, -0.1) is 10.7 Å². The molecule has 0 unspecified atom stereocenters. The summed E-state index contributed by atoms with van der Waals surface area (Å²) in [6.45, 7) is 12.4. The average molecular weight is 382 g/mol. The fourth-order valence-corrected chi connectivity index (χ4v) is 2.60. The maximum Gasteiger partial charge on any atom is 0.134 e. The molecule has 0 N–H and O–H groups in total. The third kappa shape index (κ3) is 5.82. The summed E-state index contributed by atoms with van der Waals surface area (Å²) in [6.07, 6.45) is 0. The molecule has 0 radical (unpaired) electrons. The van der Waals surface area contributed by atoms with Gasteiger partial charge in [-0.05, 0) is 41.9 Å². The summed E-state index contributed by atoms with van der Waals surface area (Å²) in [5.74, 6) is 4.01. The zero-order valence-corrected chi connectivity index (χ0v) is 16.8. The van der Waals surface area contributed by atoms with Gasteiger partial charge < -0.3 is 4.74 Å². The molecular weight excluding hydrogens is 358 g/mol. The summed E-state index contributed by atoms with van der Waals surface area (Å²) in [5.41, 5.74) is 4.97. The predicted octanol–water partition coefficient (Wildman–Crippen LogP) is 5.03. The van der Waals surface area contributed by atoms with Crippen molar-refractivity contribution in [2.24, 2.45) is 10.3 Å². The second-order valence-corrected chi connectivity index (χ2v) is 11.4. The van der Waals surface area contributed by atoms with Gasteiger partial charge in [0.25, 0.3) is 0 Å². The molecule has 0 heterocycles. The van der Waals surface area contributed by atoms with Gasteiger partial charge in [-0.2, -0.15) is 0 Å². The first-order valence-corrected chi connectivity index (χ1v) is 11.7. The van der Waals surface area contributed by atoms with E-state index < -0.39 is 8.07 Å². The van der Waals surface area contributed by atoms with Gasteiger partial charge in [0, 0.05) is 13.1 Å². The second-order valence-electron chi connectivity index (χ2n) is 5.83. The highest BCUT2D eigenvalue weighted by molar-refractivity contribution is 9.10. The summed E-state index contributed by atoms with van der Waals surface area (Å²) in [4.78, 5) is 0. The number of nitrogens with zero attached hydrogens (tertiary/aromatic N) is 3. The molecule has 1 aromatic carbocycles. The topological polar surface area (TPSA) is 37.2 Å². The van der Waals surface area contributed by atoms with Gasteiger partial charge in [0.05, 0.1) is 17.1 Å². The van der Waals surface area contributed by atoms with Gasteiger partial charge in [0.15, 0.2) is 0 Å². The molecule has 120 valence electrons. The lowest BCUT2D eigenvalue weighted by molar-refractivity contribution is 0.300. The zero-order valence-electron chi connectivity index (χ0n) is 14.2. The van der Waals surface area contributed by atoms with Gasteiger partial charge >= 0.3 is 0 Å². The van der Waals surface area contributed by atoms with Crippen molar-refractivity contribution < 1.29 is 4.74 Å². The van der Waals surface area contributed by atoms with Gasteiger partial charge in [0.2, 0.25) is 0 Å². The molecule has 0 bridgehead atoms. The van der Waals surface area contributed by atoms with Crippen LogP contribution in [-0.4, -0.2) is 33.3 Å². The van der Waals surface area contributed by atoms with E-state index in [-0.39, 0.29) is 0 Å². The Morgan fingerprint density at radius 3 is 2.36 bits per heavy atom. The SMILES string of the molecule is CCN(CC)/N=N/c1cc(Br)c(OC)cc1C#C[Si](C)(C)C. The van der Waals surface area contributed by atoms with E-state index in [1.807, 2.05) is 17.1 Å². The van der Waals surface area contributed by atoms with Crippen LogP contribution in [0.3, 0.4) is 0 Å². The monoisotopic (exact) mass is 381 g/mol. The molecule has 0 amide bonds. The van der Waals surface area contributed by atoms with Crippen molar-refractivity contribution in [2.75, 3.05) is 20.2 Å². The lowest BCUT2D eigenvalue weighted by Gasteiger charge is -2.12. The van der Waals surface area contributed by atoms with Crippen molar-refractivity contribution in [3.05, 3.63) is 22.2 Å². The molecule has 0 aliphatic heterocycles. The highest BCUT2D eigenvalue weighted by Crippen LogP contribution is 2.33. The summed E-state index contributed by atoms with van der Waals surface area (Å²) >= 11 is 3.49. The Kier molecular flexibility index (Phi) is 7.10. The first-order valence-electron chi connectivity index (χ1n) is 7.38. The van der Waals surface area contributed by atoms with Crippen LogP contribution in [0.5, 0.6) is 5.75 Å². The summed E-state index contributed by atoms with van der Waals surface area (Å²) in [6, 6.07) is 3.81. The largest absolute Gasteiger partial charge is 0.496 e. The van der Waals surface area contributed by atoms with Crippen LogP contribution in [0.2, 0.25) is 19.6 Å². The molecule has 22 heavy (non-hydrogen) atoms. The first-order chi connectivity index (χ1) is 10.3. The maximum absolute atomic E-state index is 5.35. The highest BCUT2D eigenvalue weighted by Gasteiger charge is 2.11. The molecule has 4 nitrogen and oxygen atoms in total. The zero-order chi connectivity index (χ0) is 16.8. The number of halogens is 1. The second kappa shape index (κ2) is 8.35. The summed E-state index contributed by atoms with van der Waals surface area (Å²) in [7, 11) is 0.187. The standard InChI is InChI=1S/C16H24BrN3OSi/c1-7-20(8-2)19-18-15-12-14(17)16(21-3)11-13(15)9-10-22(4,5)6/h11-12H,7-8H2,1-6H3/b19-18+. The minimum Gasteiger partial charge on any atom is -0.496 e. The minimum atomic E-state index is -1.46. The molecule has 0 aromatic heterocycles. The fourth-order valence-electron chi connectivity index (χ4n) is 1.60. The Labute approximate surface area is 143 Å². The first kappa shape index (κ1) is 18.7. The van der Waals surface area contributed by atoms with Crippen LogP contribution in [0.25, 0.3) is 0 Å². The van der Waals surface area contributed by atoms with Crippen LogP contribution in [-0.2, 0) is 0 Å². The number of benzene rings is 1. The fraction of sp³-hybridized carbons (Fsp3) is 0.500. The highest BCUT2D eigenvalue weighted by atomic mass is 79.9. The van der Waals surface area contributed by atoms with Gasteiger partial charge in [-0.25, -0.2) is 0 Å². The van der Waals surface area contributed by atoms with E-state index >= 15 is 0 Å². The van der Waals surface area contributed by atoms with E-state index in [4.69, 9.17) is 4.74 Å². The van der Waals surface area contributed by atoms with E-state index in [1.165, 1.54) is 0 Å². The molecule has 0 saturated carbocycles. The Morgan fingerprint density at radius 2 is 1.86 bits per heavy atom. The van der Waals surface area contributed by atoms with Crippen LogP contribution in [0.4, 0.5) is 5.69 Å². The van der Waals surface area contributed by atoms with E-state index in [0.717, 1.165) is 34.6 Å². The van der Waals surface area contributed by atoms with E-state index in [0.29, 0.717) is 0 Å². The van der Waals surface area contributed by atoms with Crippen LogP contribution in [0.15, 0.2) is 26.9 Å². The number of ether oxygens (including phenoxy) is 1. The molecule has 0 aliphatic rings. The van der Waals surface area contributed by atoms with Crippen molar-refractivity contribution in [3.8, 4) is 17.2 Å². The molecule has 6 heteroatoms. The van der Waals surface area contributed by atoms with Crippen LogP contribution < -0.4 is 4.74 Å². The number of rotatable bonds is 5. The number of hydrogen-bond donors (Lipinski definition) is 0. The Hall–Kier alpha value is -1.32. The molecule has 1 rings (SSSR count). The van der Waals surface area contributed by atoms with E-state index in [2.05, 4.69) is 71.2 Å². The van der Waals surface area contributed by atoms with Crippen LogP contribution in [0.1, 0.15) is 19.4 Å². The van der Waals surface area contributed by atoms with Gasteiger partial charge in [0.1, 0.15) is 19.5 Å². The molecule has 0 atom stereocenters. The van der Waals surface area contributed by atoms with Crippen molar-refractivity contribution >= 4 is 29.7 Å². The summed E-state index contributed by atoms with van der Waals surface area (Å²) in [5, 5.41) is 10.5. The maximum atomic E-state index is 5.35. The smallest absolute Gasteiger partial charge is 0.134 e. The third-order valence-corrected chi connectivity index (χ3v) is 4.35. The molecule has 0 saturated heterocycles. The van der Waals surface area contributed by atoms with Crippen LogP contribution in [0, 0.1) is 11.5 Å². The Morgan fingerprint density at radius 1 is 1.23 bits per heavy atom. The lowest BCUT2D eigenvalue weighted by Crippen LogP contribution is -2.16. The Bertz CT molecular complexity index is 596. The molecule has 0 aliphatic carbocycles. The van der Waals surface area contributed by atoms with Gasteiger partial charge in [-0.3, -0.25) is 5.01 Å². The van der Waals surface area contributed by atoms with E-state index in [1.54, 1.807) is 7.11 Å². The molecular formula is C16H24BrN3OSi. The van der Waals surface area contributed by atoms with Crippen molar-refractivity contribution in [3.63, 3.8) is 0 Å². The summed E-state index contributed by atoms with van der Waals surface area (Å²) < 4.78 is 6.20. The Balaban J connectivity index is 3.28. The third-order valence-electron chi connectivity index (χ3n) is 2.85. The van der Waals surface area contributed by atoms with Crippen molar-refractivity contribution in [1.29, 1.82) is 0 Å². The lowest BCUT2D eigenvalue weighted by atomic mass is 10.2. The van der Waals surface area contributed by atoms with E-state index in [9.17, 15) is 0 Å². The predicted molar refractivity (Wildman–Crippen MR) is 98.4 cm³/mol. The quantitative estimate of drug-likeness (QED) is 0.310. The molecule has 0 spiro atoms. The minimum absolute atomic E-state index is 0.752. The van der Waals surface area contributed by atoms with Crippen LogP contribution >= 0.6 is 15.9 Å². The molecule has 0 fully saturated rings.